The van der Waals surface area contributed by atoms with Crippen LogP contribution in [-0.2, 0) is 6.54 Å². The second-order valence-corrected chi connectivity index (χ2v) is 6.34. The van der Waals surface area contributed by atoms with Gasteiger partial charge >= 0.3 is 0 Å². The monoisotopic (exact) mass is 291 g/mol. The molecule has 21 heavy (non-hydrogen) atoms. The minimum Gasteiger partial charge on any atom is -0.490 e. The lowest BCUT2D eigenvalue weighted by atomic mass is 10.1. The summed E-state index contributed by atoms with van der Waals surface area (Å²) in [5.41, 5.74) is 2.31. The molecule has 0 aliphatic rings. The molecule has 0 saturated carbocycles. The van der Waals surface area contributed by atoms with Crippen molar-refractivity contribution in [1.82, 2.24) is 5.32 Å². The summed E-state index contributed by atoms with van der Waals surface area (Å²) in [6.45, 7) is 16.4. The maximum atomic E-state index is 5.97. The first-order valence-electron chi connectivity index (χ1n) is 7.60. The van der Waals surface area contributed by atoms with Gasteiger partial charge in [0, 0.05) is 24.1 Å². The van der Waals surface area contributed by atoms with E-state index in [4.69, 9.17) is 9.47 Å². The van der Waals surface area contributed by atoms with Crippen molar-refractivity contribution in [3.8, 4) is 11.5 Å². The highest BCUT2D eigenvalue weighted by molar-refractivity contribution is 5.46. The van der Waals surface area contributed by atoms with E-state index in [1.165, 1.54) is 0 Å². The van der Waals surface area contributed by atoms with Crippen molar-refractivity contribution in [2.24, 2.45) is 0 Å². The Morgan fingerprint density at radius 3 is 2.52 bits per heavy atom. The molecular formula is C18H29NO2. The molecule has 0 amide bonds. The first kappa shape index (κ1) is 17.6. The number of hydrogen-bond donors (Lipinski definition) is 1. The Labute approximate surface area is 129 Å². The SMILES string of the molecule is C=C(C)CCOc1c(CNC(C)(C)C)cccc1OCC. The molecule has 3 nitrogen and oxygen atoms in total. The van der Waals surface area contributed by atoms with E-state index >= 15 is 0 Å². The van der Waals surface area contributed by atoms with Gasteiger partial charge in [0.1, 0.15) is 0 Å². The van der Waals surface area contributed by atoms with E-state index in [1.54, 1.807) is 0 Å². The molecule has 0 spiro atoms. The molecule has 1 aromatic carbocycles. The molecular weight excluding hydrogens is 262 g/mol. The predicted molar refractivity (Wildman–Crippen MR) is 89.1 cm³/mol. The van der Waals surface area contributed by atoms with Gasteiger partial charge in [0.2, 0.25) is 0 Å². The van der Waals surface area contributed by atoms with Gasteiger partial charge in [0.05, 0.1) is 13.2 Å². The third-order valence-corrected chi connectivity index (χ3v) is 2.94. The van der Waals surface area contributed by atoms with Gasteiger partial charge in [0.25, 0.3) is 0 Å². The van der Waals surface area contributed by atoms with E-state index in [1.807, 2.05) is 26.0 Å². The highest BCUT2D eigenvalue weighted by Crippen LogP contribution is 2.32. The van der Waals surface area contributed by atoms with E-state index in [9.17, 15) is 0 Å². The quantitative estimate of drug-likeness (QED) is 0.724. The number of hydrogen-bond acceptors (Lipinski definition) is 3. The fourth-order valence-electron chi connectivity index (χ4n) is 1.82. The van der Waals surface area contributed by atoms with E-state index in [-0.39, 0.29) is 5.54 Å². The number of ether oxygens (including phenoxy) is 2. The van der Waals surface area contributed by atoms with Gasteiger partial charge in [-0.3, -0.25) is 0 Å². The fraction of sp³-hybridized carbons (Fsp3) is 0.556. The smallest absolute Gasteiger partial charge is 0.165 e. The van der Waals surface area contributed by atoms with Crippen LogP contribution in [0, 0.1) is 0 Å². The molecule has 0 aliphatic heterocycles. The summed E-state index contributed by atoms with van der Waals surface area (Å²) >= 11 is 0. The largest absolute Gasteiger partial charge is 0.490 e. The molecule has 0 aromatic heterocycles. The van der Waals surface area contributed by atoms with E-state index in [0.717, 1.165) is 35.6 Å². The lowest BCUT2D eigenvalue weighted by Gasteiger charge is -2.22. The predicted octanol–water partition coefficient (Wildman–Crippen LogP) is 4.32. The number of para-hydroxylation sites is 1. The third-order valence-electron chi connectivity index (χ3n) is 2.94. The molecule has 1 rings (SSSR count). The van der Waals surface area contributed by atoms with Gasteiger partial charge in [-0.25, -0.2) is 0 Å². The maximum absolute atomic E-state index is 5.97. The summed E-state index contributed by atoms with van der Waals surface area (Å²) in [5.74, 6) is 1.66. The summed E-state index contributed by atoms with van der Waals surface area (Å²) in [7, 11) is 0. The summed E-state index contributed by atoms with van der Waals surface area (Å²) in [6, 6.07) is 6.05. The van der Waals surface area contributed by atoms with E-state index in [2.05, 4.69) is 38.7 Å². The van der Waals surface area contributed by atoms with E-state index < -0.39 is 0 Å². The summed E-state index contributed by atoms with van der Waals surface area (Å²) in [6.07, 6.45) is 0.854. The van der Waals surface area contributed by atoms with Crippen LogP contribution < -0.4 is 14.8 Å². The summed E-state index contributed by atoms with van der Waals surface area (Å²) < 4.78 is 11.7. The van der Waals surface area contributed by atoms with Gasteiger partial charge in [-0.15, -0.1) is 6.58 Å². The Morgan fingerprint density at radius 2 is 1.95 bits per heavy atom. The second-order valence-electron chi connectivity index (χ2n) is 6.34. The first-order chi connectivity index (χ1) is 9.83. The maximum Gasteiger partial charge on any atom is 0.165 e. The Hall–Kier alpha value is -1.48. The van der Waals surface area contributed by atoms with Crippen LogP contribution in [-0.4, -0.2) is 18.8 Å². The molecule has 118 valence electrons. The Kier molecular flexibility index (Phi) is 6.76. The lowest BCUT2D eigenvalue weighted by molar-refractivity contribution is 0.275. The summed E-state index contributed by atoms with van der Waals surface area (Å²) in [4.78, 5) is 0. The van der Waals surface area contributed by atoms with Crippen LogP contribution in [0.2, 0.25) is 0 Å². The zero-order valence-corrected chi connectivity index (χ0v) is 14.1. The van der Waals surface area contributed by atoms with Crippen LogP contribution in [0.15, 0.2) is 30.4 Å². The van der Waals surface area contributed by atoms with Gasteiger partial charge in [-0.2, -0.15) is 0 Å². The fourth-order valence-corrected chi connectivity index (χ4v) is 1.82. The Bertz CT molecular complexity index is 461. The van der Waals surface area contributed by atoms with Gasteiger partial charge < -0.3 is 14.8 Å². The van der Waals surface area contributed by atoms with Crippen molar-refractivity contribution >= 4 is 0 Å². The van der Waals surface area contributed by atoms with Crippen molar-refractivity contribution in [3.63, 3.8) is 0 Å². The van der Waals surface area contributed by atoms with Crippen molar-refractivity contribution in [1.29, 1.82) is 0 Å². The average molecular weight is 291 g/mol. The van der Waals surface area contributed by atoms with Gasteiger partial charge in [-0.05, 0) is 40.7 Å². The molecule has 1 N–H and O–H groups in total. The summed E-state index contributed by atoms with van der Waals surface area (Å²) in [5, 5.41) is 3.49. The van der Waals surface area contributed by atoms with Crippen LogP contribution in [0.25, 0.3) is 0 Å². The molecule has 1 aromatic rings. The topological polar surface area (TPSA) is 30.5 Å². The Morgan fingerprint density at radius 1 is 1.24 bits per heavy atom. The number of nitrogens with one attached hydrogen (secondary N) is 1. The normalized spacial score (nSPS) is 11.3. The molecule has 3 heteroatoms. The highest BCUT2D eigenvalue weighted by Gasteiger charge is 2.14. The van der Waals surface area contributed by atoms with Crippen molar-refractivity contribution < 1.29 is 9.47 Å². The van der Waals surface area contributed by atoms with Crippen LogP contribution in [0.4, 0.5) is 0 Å². The molecule has 0 bridgehead atoms. The first-order valence-corrected chi connectivity index (χ1v) is 7.60. The Balaban J connectivity index is 2.88. The van der Waals surface area contributed by atoms with E-state index in [0.29, 0.717) is 13.2 Å². The van der Waals surface area contributed by atoms with Gasteiger partial charge in [0.15, 0.2) is 11.5 Å². The molecule has 0 saturated heterocycles. The minimum atomic E-state index is 0.0661. The van der Waals surface area contributed by atoms with Gasteiger partial charge in [-0.1, -0.05) is 17.7 Å². The van der Waals surface area contributed by atoms with Crippen LogP contribution in [0.1, 0.15) is 46.6 Å². The third kappa shape index (κ3) is 6.67. The molecule has 0 unspecified atom stereocenters. The second kappa shape index (κ2) is 8.08. The highest BCUT2D eigenvalue weighted by atomic mass is 16.5. The van der Waals surface area contributed by atoms with Crippen molar-refractivity contribution in [3.05, 3.63) is 35.9 Å². The zero-order valence-electron chi connectivity index (χ0n) is 14.1. The molecule has 0 radical (unpaired) electrons. The lowest BCUT2D eigenvalue weighted by Crippen LogP contribution is -2.35. The average Bonchev–Trinajstić information content (AvgIpc) is 2.37. The standard InChI is InChI=1S/C18H29NO2/c1-7-20-16-10-8-9-15(13-19-18(4,5)6)17(16)21-12-11-14(2)3/h8-10,19H,2,7,11-13H2,1,3-6H3. The van der Waals surface area contributed by atoms with Crippen LogP contribution in [0.5, 0.6) is 11.5 Å². The van der Waals surface area contributed by atoms with Crippen LogP contribution in [0.3, 0.4) is 0 Å². The van der Waals surface area contributed by atoms with Crippen molar-refractivity contribution in [2.75, 3.05) is 13.2 Å². The molecule has 0 heterocycles. The molecule has 0 fully saturated rings. The number of benzene rings is 1. The number of rotatable bonds is 8. The van der Waals surface area contributed by atoms with Crippen molar-refractivity contribution in [2.45, 2.75) is 53.1 Å². The minimum absolute atomic E-state index is 0.0661. The molecule has 0 atom stereocenters. The molecule has 0 aliphatic carbocycles. The zero-order chi connectivity index (χ0) is 15.9. The van der Waals surface area contributed by atoms with Crippen LogP contribution >= 0.6 is 0 Å².